The third-order valence-corrected chi connectivity index (χ3v) is 6.12. The second-order valence-electron chi connectivity index (χ2n) is 8.15. The van der Waals surface area contributed by atoms with Crippen molar-refractivity contribution in [1.29, 1.82) is 0 Å². The molecule has 0 bridgehead atoms. The number of carbonyl (C=O) groups is 1. The van der Waals surface area contributed by atoms with Gasteiger partial charge in [0, 0.05) is 19.6 Å². The van der Waals surface area contributed by atoms with Crippen LogP contribution in [-0.2, 0) is 9.53 Å². The number of rotatable bonds is 6. The second-order valence-corrected chi connectivity index (χ2v) is 8.15. The van der Waals surface area contributed by atoms with Gasteiger partial charge in [0.15, 0.2) is 5.96 Å². The van der Waals surface area contributed by atoms with Gasteiger partial charge in [0.2, 0.25) is 0 Å². The molecule has 1 atom stereocenters. The zero-order chi connectivity index (χ0) is 20.6. The molecular weight excluding hydrogens is 491 g/mol. The van der Waals surface area contributed by atoms with E-state index < -0.39 is 0 Å². The number of aryl methyl sites for hydroxylation is 1. The minimum atomic E-state index is -0.0833. The number of likely N-dealkylation sites (tertiary alicyclic amines) is 2. The van der Waals surface area contributed by atoms with Crippen molar-refractivity contribution in [3.63, 3.8) is 0 Å². The Labute approximate surface area is 198 Å². The summed E-state index contributed by atoms with van der Waals surface area (Å²) in [6.07, 6.45) is 4.19. The van der Waals surface area contributed by atoms with Crippen molar-refractivity contribution in [2.75, 3.05) is 46.4 Å². The maximum atomic E-state index is 11.8. The normalized spacial score (nSPS) is 19.3. The number of carbonyl (C=O) groups excluding carboxylic acids is 1. The Morgan fingerprint density at radius 1 is 1.17 bits per heavy atom. The van der Waals surface area contributed by atoms with E-state index in [4.69, 9.17) is 9.73 Å². The third kappa shape index (κ3) is 6.57. The number of methoxy groups -OCH3 is 1. The number of nitrogens with one attached hydrogen (secondary N) is 1. The molecule has 2 aliphatic heterocycles. The van der Waals surface area contributed by atoms with Crippen LogP contribution < -0.4 is 5.32 Å². The van der Waals surface area contributed by atoms with Gasteiger partial charge in [0.25, 0.3) is 0 Å². The smallest absolute Gasteiger partial charge is 0.308 e. The summed E-state index contributed by atoms with van der Waals surface area (Å²) in [4.78, 5) is 21.7. The summed E-state index contributed by atoms with van der Waals surface area (Å²) in [5.74, 6) is 0.899. The highest BCUT2D eigenvalue weighted by atomic mass is 127. The fraction of sp³-hybridized carbons (Fsp3) is 0.652. The van der Waals surface area contributed by atoms with E-state index in [1.54, 1.807) is 0 Å². The molecule has 2 aliphatic rings. The van der Waals surface area contributed by atoms with E-state index in [1.807, 2.05) is 0 Å². The van der Waals surface area contributed by atoms with E-state index >= 15 is 0 Å². The number of halogens is 1. The Kier molecular flexibility index (Phi) is 10.4. The van der Waals surface area contributed by atoms with Crippen LogP contribution in [0.5, 0.6) is 0 Å². The van der Waals surface area contributed by atoms with Crippen LogP contribution in [0.1, 0.15) is 49.8 Å². The van der Waals surface area contributed by atoms with Gasteiger partial charge in [-0.05, 0) is 58.2 Å². The average molecular weight is 528 g/mol. The van der Waals surface area contributed by atoms with Crippen LogP contribution in [-0.4, -0.2) is 68.1 Å². The summed E-state index contributed by atoms with van der Waals surface area (Å²) in [5.41, 5.74) is 2.64. The van der Waals surface area contributed by atoms with Gasteiger partial charge in [-0.2, -0.15) is 0 Å². The Morgan fingerprint density at radius 2 is 1.80 bits per heavy atom. The van der Waals surface area contributed by atoms with E-state index in [0.29, 0.717) is 6.04 Å². The fourth-order valence-corrected chi connectivity index (χ4v) is 4.37. The Hall–Kier alpha value is -1.35. The summed E-state index contributed by atoms with van der Waals surface area (Å²) in [7, 11) is 1.48. The van der Waals surface area contributed by atoms with Gasteiger partial charge in [-0.1, -0.05) is 29.8 Å². The van der Waals surface area contributed by atoms with Gasteiger partial charge < -0.3 is 15.0 Å². The molecule has 0 radical (unpaired) electrons. The highest BCUT2D eigenvalue weighted by molar-refractivity contribution is 14.0. The number of ether oxygens (including phenoxy) is 1. The Bertz CT molecular complexity index is 681. The van der Waals surface area contributed by atoms with Crippen LogP contribution in [0.25, 0.3) is 0 Å². The first kappa shape index (κ1) is 24.9. The molecule has 2 saturated heterocycles. The molecule has 7 heteroatoms. The minimum Gasteiger partial charge on any atom is -0.469 e. The zero-order valence-corrected chi connectivity index (χ0v) is 20.9. The molecule has 30 heavy (non-hydrogen) atoms. The second kappa shape index (κ2) is 12.5. The van der Waals surface area contributed by atoms with Gasteiger partial charge >= 0.3 is 5.97 Å². The van der Waals surface area contributed by atoms with E-state index in [-0.39, 0.29) is 35.9 Å². The molecule has 0 aromatic heterocycles. The molecule has 2 heterocycles. The zero-order valence-electron chi connectivity index (χ0n) is 18.6. The highest BCUT2D eigenvalue weighted by Crippen LogP contribution is 2.26. The molecule has 1 unspecified atom stereocenters. The monoisotopic (exact) mass is 528 g/mol. The average Bonchev–Trinajstić information content (AvgIpc) is 3.28. The van der Waals surface area contributed by atoms with Gasteiger partial charge in [-0.3, -0.25) is 14.7 Å². The molecule has 1 N–H and O–H groups in total. The summed E-state index contributed by atoms with van der Waals surface area (Å²) >= 11 is 0. The maximum absolute atomic E-state index is 11.8. The summed E-state index contributed by atoms with van der Waals surface area (Å²) in [6, 6.07) is 9.22. The van der Waals surface area contributed by atoms with Crippen LogP contribution in [0.2, 0.25) is 0 Å². The molecule has 1 aromatic rings. The first-order valence-corrected chi connectivity index (χ1v) is 11.0. The lowest BCUT2D eigenvalue weighted by molar-refractivity contribution is -0.146. The molecule has 3 rings (SSSR count). The highest BCUT2D eigenvalue weighted by Gasteiger charge is 2.28. The SMILES string of the molecule is CCNC(=NCC(c1ccc(C)cc1)N1CCCC1)N1CCC(C(=O)OC)CC1.I. The molecule has 0 spiro atoms. The molecule has 168 valence electrons. The predicted molar refractivity (Wildman–Crippen MR) is 132 cm³/mol. The molecule has 1 aromatic carbocycles. The molecule has 2 fully saturated rings. The topological polar surface area (TPSA) is 57.2 Å². The lowest BCUT2D eigenvalue weighted by Gasteiger charge is -2.34. The summed E-state index contributed by atoms with van der Waals surface area (Å²) < 4.78 is 4.92. The fourth-order valence-electron chi connectivity index (χ4n) is 4.37. The number of aliphatic imine (C=N–C) groups is 1. The molecule has 0 aliphatic carbocycles. The lowest BCUT2D eigenvalue weighted by Crippen LogP contribution is -2.47. The van der Waals surface area contributed by atoms with Crippen LogP contribution in [0.4, 0.5) is 0 Å². The summed E-state index contributed by atoms with van der Waals surface area (Å²) in [5, 5.41) is 3.46. The van der Waals surface area contributed by atoms with Crippen molar-refractivity contribution in [2.45, 2.75) is 45.6 Å². The number of hydrogen-bond donors (Lipinski definition) is 1. The van der Waals surface area contributed by atoms with Crippen LogP contribution in [0.15, 0.2) is 29.3 Å². The summed E-state index contributed by atoms with van der Waals surface area (Å²) in [6.45, 7) is 9.80. The quantitative estimate of drug-likeness (QED) is 0.265. The standard InChI is InChI=1S/C23H36N4O2.HI/c1-4-24-23(27-15-11-20(12-16-27)22(28)29-3)25-17-21(26-13-5-6-14-26)19-9-7-18(2)8-10-19;/h7-10,20-21H,4-6,11-17H2,1-3H3,(H,24,25);1H. The van der Waals surface area contributed by atoms with Gasteiger partial charge in [0.1, 0.15) is 0 Å². The van der Waals surface area contributed by atoms with Crippen molar-refractivity contribution < 1.29 is 9.53 Å². The largest absolute Gasteiger partial charge is 0.469 e. The first-order valence-electron chi connectivity index (χ1n) is 11.0. The lowest BCUT2D eigenvalue weighted by atomic mass is 9.97. The number of benzene rings is 1. The van der Waals surface area contributed by atoms with Crippen molar-refractivity contribution in [3.05, 3.63) is 35.4 Å². The number of piperidine rings is 1. The van der Waals surface area contributed by atoms with E-state index in [1.165, 1.54) is 31.1 Å². The molecular formula is C23H37IN4O2. The molecule has 0 saturated carbocycles. The van der Waals surface area contributed by atoms with Crippen molar-refractivity contribution >= 4 is 35.9 Å². The Morgan fingerprint density at radius 3 is 2.37 bits per heavy atom. The van der Waals surface area contributed by atoms with Crippen molar-refractivity contribution in [1.82, 2.24) is 15.1 Å². The number of esters is 1. The van der Waals surface area contributed by atoms with Crippen molar-refractivity contribution in [2.24, 2.45) is 10.9 Å². The maximum Gasteiger partial charge on any atom is 0.308 e. The van der Waals surface area contributed by atoms with E-state index in [0.717, 1.165) is 58.1 Å². The minimum absolute atomic E-state index is 0. The van der Waals surface area contributed by atoms with Crippen molar-refractivity contribution in [3.8, 4) is 0 Å². The van der Waals surface area contributed by atoms with Gasteiger partial charge in [0.05, 0.1) is 25.6 Å². The van der Waals surface area contributed by atoms with Gasteiger partial charge in [-0.25, -0.2) is 0 Å². The van der Waals surface area contributed by atoms with Gasteiger partial charge in [-0.15, -0.1) is 24.0 Å². The molecule has 6 nitrogen and oxygen atoms in total. The third-order valence-electron chi connectivity index (χ3n) is 6.12. The number of guanidine groups is 1. The molecule has 0 amide bonds. The van der Waals surface area contributed by atoms with E-state index in [9.17, 15) is 4.79 Å². The van der Waals surface area contributed by atoms with Crippen LogP contribution in [0.3, 0.4) is 0 Å². The van der Waals surface area contributed by atoms with E-state index in [2.05, 4.69) is 53.2 Å². The van der Waals surface area contributed by atoms with Crippen LogP contribution in [0, 0.1) is 12.8 Å². The first-order chi connectivity index (χ1) is 14.1. The van der Waals surface area contributed by atoms with Crippen LogP contribution >= 0.6 is 24.0 Å². The predicted octanol–water partition coefficient (Wildman–Crippen LogP) is 3.60. The number of nitrogens with zero attached hydrogens (tertiary/aromatic N) is 3. The Balaban J connectivity index is 0.00000320. The number of hydrogen-bond acceptors (Lipinski definition) is 4.